The maximum Gasteiger partial charge on any atom is 0.330 e. The van der Waals surface area contributed by atoms with Crippen LogP contribution in [0.1, 0.15) is 0 Å². The summed E-state index contributed by atoms with van der Waals surface area (Å²) in [6.45, 7) is 11.7. The monoisotopic (exact) mass is 226 g/mol. The minimum atomic E-state index is -0.491. The van der Waals surface area contributed by atoms with Gasteiger partial charge in [-0.3, -0.25) is 0 Å². The van der Waals surface area contributed by atoms with Crippen molar-refractivity contribution in [1.82, 2.24) is 0 Å². The highest BCUT2D eigenvalue weighted by atomic mass is 16.6. The summed E-state index contributed by atoms with van der Waals surface area (Å²) in [7, 11) is 0. The van der Waals surface area contributed by atoms with Gasteiger partial charge in [0.15, 0.2) is 0 Å². The van der Waals surface area contributed by atoms with Crippen LogP contribution in [-0.2, 0) is 19.0 Å². The summed E-state index contributed by atoms with van der Waals surface area (Å²) in [6.07, 6.45) is 3.91. The number of ether oxygens (including phenoxy) is 3. The van der Waals surface area contributed by atoms with Crippen LogP contribution < -0.4 is 0 Å². The number of hydrogen-bond acceptors (Lipinski definition) is 4. The molecule has 16 heavy (non-hydrogen) atoms. The van der Waals surface area contributed by atoms with Gasteiger partial charge in [-0.25, -0.2) is 4.79 Å². The van der Waals surface area contributed by atoms with Crippen LogP contribution in [0.3, 0.4) is 0 Å². The molecule has 0 saturated carbocycles. The summed E-state index contributed by atoms with van der Waals surface area (Å²) in [4.78, 5) is 11.0. The summed E-state index contributed by atoms with van der Waals surface area (Å²) in [5, 5.41) is 0. The largest absolute Gasteiger partial charge is 0.454 e. The zero-order valence-corrected chi connectivity index (χ0v) is 9.39. The van der Waals surface area contributed by atoms with Crippen LogP contribution in [0.2, 0.25) is 0 Å². The van der Waals surface area contributed by atoms with Crippen molar-refractivity contribution in [2.24, 2.45) is 0 Å². The van der Waals surface area contributed by atoms with E-state index in [0.29, 0.717) is 13.2 Å². The average Bonchev–Trinajstić information content (AvgIpc) is 2.29. The first kappa shape index (κ1) is 14.6. The molecule has 0 bridgehead atoms. The van der Waals surface area contributed by atoms with Gasteiger partial charge in [0, 0.05) is 6.08 Å². The van der Waals surface area contributed by atoms with E-state index in [2.05, 4.69) is 19.7 Å². The topological polar surface area (TPSA) is 44.8 Å². The molecule has 0 radical (unpaired) electrons. The third-order valence-corrected chi connectivity index (χ3v) is 1.53. The molecule has 0 aromatic heterocycles. The van der Waals surface area contributed by atoms with Crippen molar-refractivity contribution < 1.29 is 19.0 Å². The summed E-state index contributed by atoms with van der Waals surface area (Å²) in [5.74, 6) is -0.491. The van der Waals surface area contributed by atoms with Crippen molar-refractivity contribution in [2.45, 2.75) is 6.10 Å². The van der Waals surface area contributed by atoms with Gasteiger partial charge in [-0.05, 0) is 0 Å². The summed E-state index contributed by atoms with van der Waals surface area (Å²) in [6, 6.07) is 0. The van der Waals surface area contributed by atoms with E-state index < -0.39 is 12.1 Å². The molecule has 0 atom stereocenters. The van der Waals surface area contributed by atoms with Crippen LogP contribution in [0.25, 0.3) is 0 Å². The van der Waals surface area contributed by atoms with Gasteiger partial charge in [-0.15, -0.1) is 13.2 Å². The number of carbonyl (C=O) groups is 1. The van der Waals surface area contributed by atoms with Gasteiger partial charge in [0.25, 0.3) is 0 Å². The quantitative estimate of drug-likeness (QED) is 0.245. The molecule has 0 rings (SSSR count). The Bertz CT molecular complexity index is 221. The Labute approximate surface area is 96.2 Å². The zero-order valence-electron chi connectivity index (χ0n) is 9.39. The van der Waals surface area contributed by atoms with Crippen LogP contribution in [0, 0.1) is 0 Å². The van der Waals surface area contributed by atoms with Gasteiger partial charge in [0.1, 0.15) is 6.10 Å². The first-order chi connectivity index (χ1) is 7.74. The Balaban J connectivity index is 3.93. The van der Waals surface area contributed by atoms with E-state index in [9.17, 15) is 4.79 Å². The second kappa shape index (κ2) is 10.1. The molecular weight excluding hydrogens is 208 g/mol. The molecule has 0 amide bonds. The predicted molar refractivity (Wildman–Crippen MR) is 62.1 cm³/mol. The van der Waals surface area contributed by atoms with Crippen molar-refractivity contribution in [3.63, 3.8) is 0 Å². The molecule has 0 heterocycles. The molecule has 0 unspecified atom stereocenters. The molecule has 0 aliphatic heterocycles. The lowest BCUT2D eigenvalue weighted by atomic mass is 10.4. The lowest BCUT2D eigenvalue weighted by molar-refractivity contribution is -0.149. The third-order valence-electron chi connectivity index (χ3n) is 1.53. The van der Waals surface area contributed by atoms with Gasteiger partial charge >= 0.3 is 5.97 Å². The molecule has 0 spiro atoms. The fraction of sp³-hybridized carbons (Fsp3) is 0.417. The normalized spacial score (nSPS) is 9.81. The molecule has 0 aliphatic rings. The van der Waals surface area contributed by atoms with Gasteiger partial charge in [-0.1, -0.05) is 18.7 Å². The zero-order chi connectivity index (χ0) is 12.2. The van der Waals surface area contributed by atoms with Crippen molar-refractivity contribution in [1.29, 1.82) is 0 Å². The highest BCUT2D eigenvalue weighted by molar-refractivity contribution is 5.81. The fourth-order valence-corrected chi connectivity index (χ4v) is 0.894. The lowest BCUT2D eigenvalue weighted by Crippen LogP contribution is -2.28. The maximum absolute atomic E-state index is 11.0. The van der Waals surface area contributed by atoms with Gasteiger partial charge in [0.05, 0.1) is 26.4 Å². The molecule has 4 heteroatoms. The number of hydrogen-bond donors (Lipinski definition) is 0. The van der Waals surface area contributed by atoms with E-state index in [0.717, 1.165) is 6.08 Å². The first-order valence-corrected chi connectivity index (χ1v) is 4.95. The molecular formula is C12H18O4. The number of rotatable bonds is 10. The molecule has 0 fully saturated rings. The van der Waals surface area contributed by atoms with Crippen LogP contribution in [0.4, 0.5) is 0 Å². The Kier molecular flexibility index (Phi) is 9.26. The smallest absolute Gasteiger partial charge is 0.330 e. The highest BCUT2D eigenvalue weighted by Gasteiger charge is 2.12. The van der Waals surface area contributed by atoms with Gasteiger partial charge < -0.3 is 14.2 Å². The first-order valence-electron chi connectivity index (χ1n) is 4.95. The standard InChI is InChI=1S/C12H18O4/c1-4-7-14-9-11(10-15-8-5-2)16-12(13)6-3/h4-6,11H,1-3,7-10H2. The van der Waals surface area contributed by atoms with Crippen LogP contribution >= 0.6 is 0 Å². The number of esters is 1. The van der Waals surface area contributed by atoms with E-state index >= 15 is 0 Å². The van der Waals surface area contributed by atoms with Crippen molar-refractivity contribution >= 4 is 5.97 Å². The Morgan fingerprint density at radius 1 is 1.06 bits per heavy atom. The Hall–Kier alpha value is -1.39. The predicted octanol–water partition coefficient (Wildman–Crippen LogP) is 1.49. The molecule has 0 aromatic rings. The van der Waals surface area contributed by atoms with Crippen LogP contribution in [-0.4, -0.2) is 38.5 Å². The van der Waals surface area contributed by atoms with E-state index in [1.165, 1.54) is 0 Å². The minimum absolute atomic E-state index is 0.267. The highest BCUT2D eigenvalue weighted by Crippen LogP contribution is 1.97. The summed E-state index contributed by atoms with van der Waals surface area (Å²) in [5.41, 5.74) is 0. The molecule has 4 nitrogen and oxygen atoms in total. The van der Waals surface area contributed by atoms with E-state index in [1.807, 2.05) is 0 Å². The SMILES string of the molecule is C=CCOCC(COCC=C)OC(=O)C=C. The Morgan fingerprint density at radius 3 is 1.94 bits per heavy atom. The molecule has 0 aliphatic carbocycles. The summed E-state index contributed by atoms with van der Waals surface area (Å²) < 4.78 is 15.4. The molecule has 0 aromatic carbocycles. The van der Waals surface area contributed by atoms with Crippen LogP contribution in [0.5, 0.6) is 0 Å². The summed E-state index contributed by atoms with van der Waals surface area (Å²) >= 11 is 0. The molecule has 0 saturated heterocycles. The van der Waals surface area contributed by atoms with E-state index in [1.54, 1.807) is 12.2 Å². The number of carbonyl (C=O) groups excluding carboxylic acids is 1. The average molecular weight is 226 g/mol. The van der Waals surface area contributed by atoms with Gasteiger partial charge in [0.2, 0.25) is 0 Å². The molecule has 0 N–H and O–H groups in total. The van der Waals surface area contributed by atoms with Gasteiger partial charge in [-0.2, -0.15) is 0 Å². The second-order valence-corrected chi connectivity index (χ2v) is 2.92. The lowest BCUT2D eigenvalue weighted by Gasteiger charge is -2.16. The molecule has 90 valence electrons. The minimum Gasteiger partial charge on any atom is -0.454 e. The Morgan fingerprint density at radius 2 is 1.56 bits per heavy atom. The second-order valence-electron chi connectivity index (χ2n) is 2.92. The fourth-order valence-electron chi connectivity index (χ4n) is 0.894. The van der Waals surface area contributed by atoms with E-state index in [4.69, 9.17) is 14.2 Å². The maximum atomic E-state index is 11.0. The van der Waals surface area contributed by atoms with E-state index in [-0.39, 0.29) is 13.2 Å². The van der Waals surface area contributed by atoms with Crippen molar-refractivity contribution in [3.8, 4) is 0 Å². The van der Waals surface area contributed by atoms with Crippen molar-refractivity contribution in [2.75, 3.05) is 26.4 Å². The van der Waals surface area contributed by atoms with Crippen molar-refractivity contribution in [3.05, 3.63) is 38.0 Å². The third kappa shape index (κ3) is 7.96. The van der Waals surface area contributed by atoms with Crippen LogP contribution in [0.15, 0.2) is 38.0 Å².